The predicted octanol–water partition coefficient (Wildman–Crippen LogP) is 1.99. The van der Waals surface area contributed by atoms with Crippen LogP contribution in [0.1, 0.15) is 12.5 Å². The number of rotatable bonds is 6. The molecule has 1 aromatic carbocycles. The van der Waals surface area contributed by atoms with E-state index in [9.17, 15) is 4.79 Å². The van der Waals surface area contributed by atoms with Crippen LogP contribution >= 0.6 is 0 Å². The van der Waals surface area contributed by atoms with Crippen LogP contribution in [0, 0.1) is 6.92 Å². The number of methoxy groups -OCH3 is 2. The Bertz CT molecular complexity index is 418. The fourth-order valence-corrected chi connectivity index (χ4v) is 1.68. The first-order valence-corrected chi connectivity index (χ1v) is 5.75. The van der Waals surface area contributed by atoms with Crippen molar-refractivity contribution < 1.29 is 19.0 Å². The molecule has 0 bridgehead atoms. The van der Waals surface area contributed by atoms with E-state index in [0.717, 1.165) is 17.0 Å². The minimum Gasteiger partial charge on any atom is -0.496 e. The molecule has 0 amide bonds. The molecule has 0 fully saturated rings. The van der Waals surface area contributed by atoms with Crippen LogP contribution in [0.4, 0.5) is 5.69 Å². The van der Waals surface area contributed by atoms with Gasteiger partial charge in [0, 0.05) is 5.56 Å². The van der Waals surface area contributed by atoms with Crippen molar-refractivity contribution in [3.05, 3.63) is 17.7 Å². The molecule has 100 valence electrons. The number of anilines is 1. The van der Waals surface area contributed by atoms with Crippen molar-refractivity contribution in [1.82, 2.24) is 0 Å². The first-order valence-electron chi connectivity index (χ1n) is 5.75. The van der Waals surface area contributed by atoms with Gasteiger partial charge in [-0.2, -0.15) is 0 Å². The van der Waals surface area contributed by atoms with E-state index in [2.05, 4.69) is 5.32 Å². The molecule has 18 heavy (non-hydrogen) atoms. The Morgan fingerprint density at radius 1 is 1.28 bits per heavy atom. The molecule has 0 spiro atoms. The first kappa shape index (κ1) is 14.2. The lowest BCUT2D eigenvalue weighted by molar-refractivity contribution is -0.140. The second-order valence-corrected chi connectivity index (χ2v) is 3.63. The summed E-state index contributed by atoms with van der Waals surface area (Å²) in [7, 11) is 3.19. The van der Waals surface area contributed by atoms with E-state index in [0.29, 0.717) is 12.4 Å². The van der Waals surface area contributed by atoms with E-state index in [-0.39, 0.29) is 12.5 Å². The van der Waals surface area contributed by atoms with Gasteiger partial charge in [0.2, 0.25) is 0 Å². The van der Waals surface area contributed by atoms with E-state index in [1.54, 1.807) is 21.1 Å². The third kappa shape index (κ3) is 3.29. The summed E-state index contributed by atoms with van der Waals surface area (Å²) in [6.07, 6.45) is 0. The molecular formula is C13H19NO4. The molecule has 0 radical (unpaired) electrons. The van der Waals surface area contributed by atoms with Crippen LogP contribution in [0.2, 0.25) is 0 Å². The summed E-state index contributed by atoms with van der Waals surface area (Å²) >= 11 is 0. The molecule has 5 heteroatoms. The molecule has 0 aromatic heterocycles. The minimum atomic E-state index is -0.298. The van der Waals surface area contributed by atoms with Gasteiger partial charge in [0.25, 0.3) is 0 Å². The fraction of sp³-hybridized carbons (Fsp3) is 0.462. The maximum Gasteiger partial charge on any atom is 0.325 e. The molecule has 0 heterocycles. The Kier molecular flexibility index (Phi) is 5.30. The Morgan fingerprint density at radius 3 is 2.56 bits per heavy atom. The van der Waals surface area contributed by atoms with Gasteiger partial charge in [-0.05, 0) is 26.0 Å². The molecular weight excluding hydrogens is 234 g/mol. The van der Waals surface area contributed by atoms with Gasteiger partial charge in [-0.3, -0.25) is 4.79 Å². The average molecular weight is 253 g/mol. The van der Waals surface area contributed by atoms with Crippen LogP contribution in [0.5, 0.6) is 11.5 Å². The minimum absolute atomic E-state index is 0.107. The van der Waals surface area contributed by atoms with Gasteiger partial charge in [-0.15, -0.1) is 0 Å². The molecule has 0 saturated heterocycles. The molecule has 1 rings (SSSR count). The largest absolute Gasteiger partial charge is 0.496 e. The highest BCUT2D eigenvalue weighted by Gasteiger charge is 2.12. The van der Waals surface area contributed by atoms with Gasteiger partial charge in [0.05, 0.1) is 26.5 Å². The molecule has 1 aromatic rings. The summed E-state index contributed by atoms with van der Waals surface area (Å²) in [5.41, 5.74) is 1.62. The Balaban J connectivity index is 2.83. The molecule has 5 nitrogen and oxygen atoms in total. The van der Waals surface area contributed by atoms with Gasteiger partial charge in [-0.1, -0.05) is 0 Å². The molecule has 0 aliphatic heterocycles. The number of hydrogen-bond donors (Lipinski definition) is 1. The SMILES string of the molecule is CCOC(=O)CNc1ccc(OC)c(C)c1OC. The zero-order valence-electron chi connectivity index (χ0n) is 11.2. The van der Waals surface area contributed by atoms with Crippen LogP contribution in [0.3, 0.4) is 0 Å². The predicted molar refractivity (Wildman–Crippen MR) is 69.4 cm³/mol. The third-order valence-electron chi connectivity index (χ3n) is 2.51. The van der Waals surface area contributed by atoms with Crippen LogP contribution in [0.15, 0.2) is 12.1 Å². The zero-order chi connectivity index (χ0) is 13.5. The van der Waals surface area contributed by atoms with E-state index >= 15 is 0 Å². The molecule has 0 aliphatic carbocycles. The summed E-state index contributed by atoms with van der Waals surface area (Å²) < 4.78 is 15.4. The third-order valence-corrected chi connectivity index (χ3v) is 2.51. The van der Waals surface area contributed by atoms with E-state index in [1.165, 1.54) is 0 Å². The average Bonchev–Trinajstić information content (AvgIpc) is 2.36. The zero-order valence-corrected chi connectivity index (χ0v) is 11.2. The number of esters is 1. The normalized spacial score (nSPS) is 9.78. The molecule has 0 aliphatic rings. The number of benzene rings is 1. The smallest absolute Gasteiger partial charge is 0.325 e. The lowest BCUT2D eigenvalue weighted by Gasteiger charge is -2.15. The Hall–Kier alpha value is -1.91. The van der Waals surface area contributed by atoms with Crippen molar-refractivity contribution in [3.8, 4) is 11.5 Å². The molecule has 0 saturated carbocycles. The van der Waals surface area contributed by atoms with Crippen molar-refractivity contribution in [1.29, 1.82) is 0 Å². The van der Waals surface area contributed by atoms with Gasteiger partial charge in [-0.25, -0.2) is 0 Å². The van der Waals surface area contributed by atoms with Crippen molar-refractivity contribution in [2.45, 2.75) is 13.8 Å². The summed E-state index contributed by atoms with van der Waals surface area (Å²) in [5, 5.41) is 2.99. The molecule has 0 atom stereocenters. The van der Waals surface area contributed by atoms with Crippen LogP contribution in [0.25, 0.3) is 0 Å². The topological polar surface area (TPSA) is 56.8 Å². The van der Waals surface area contributed by atoms with Gasteiger partial charge < -0.3 is 19.5 Å². The maximum atomic E-state index is 11.3. The Labute approximate surface area is 107 Å². The molecule has 1 N–H and O–H groups in total. The van der Waals surface area contributed by atoms with Crippen LogP contribution < -0.4 is 14.8 Å². The summed E-state index contributed by atoms with van der Waals surface area (Å²) in [6.45, 7) is 4.15. The number of carbonyl (C=O) groups is 1. The first-order chi connectivity index (χ1) is 8.63. The van der Waals surface area contributed by atoms with Gasteiger partial charge in [0.15, 0.2) is 0 Å². The van der Waals surface area contributed by atoms with Crippen molar-refractivity contribution >= 4 is 11.7 Å². The second-order valence-electron chi connectivity index (χ2n) is 3.63. The van der Waals surface area contributed by atoms with Crippen LogP contribution in [-0.2, 0) is 9.53 Å². The quantitative estimate of drug-likeness (QED) is 0.786. The summed E-state index contributed by atoms with van der Waals surface area (Å²) in [5.74, 6) is 1.11. The second kappa shape index (κ2) is 6.74. The highest BCUT2D eigenvalue weighted by molar-refractivity contribution is 5.76. The lowest BCUT2D eigenvalue weighted by atomic mass is 10.1. The van der Waals surface area contributed by atoms with E-state index < -0.39 is 0 Å². The number of carbonyl (C=O) groups excluding carboxylic acids is 1. The standard InChI is InChI=1S/C13H19NO4/c1-5-18-12(15)8-14-10-6-7-11(16-3)9(2)13(10)17-4/h6-7,14H,5,8H2,1-4H3. The Morgan fingerprint density at radius 2 is 2.00 bits per heavy atom. The maximum absolute atomic E-state index is 11.3. The number of hydrogen-bond acceptors (Lipinski definition) is 5. The van der Waals surface area contributed by atoms with Crippen LogP contribution in [-0.4, -0.2) is 33.3 Å². The summed E-state index contributed by atoms with van der Waals surface area (Å²) in [4.78, 5) is 11.3. The lowest BCUT2D eigenvalue weighted by Crippen LogP contribution is -2.17. The van der Waals surface area contributed by atoms with E-state index in [4.69, 9.17) is 14.2 Å². The highest BCUT2D eigenvalue weighted by Crippen LogP contribution is 2.34. The number of nitrogens with one attached hydrogen (secondary N) is 1. The summed E-state index contributed by atoms with van der Waals surface area (Å²) in [6, 6.07) is 3.63. The van der Waals surface area contributed by atoms with Crippen molar-refractivity contribution in [3.63, 3.8) is 0 Å². The monoisotopic (exact) mass is 253 g/mol. The fourth-order valence-electron chi connectivity index (χ4n) is 1.68. The van der Waals surface area contributed by atoms with Crippen molar-refractivity contribution in [2.75, 3.05) is 32.7 Å². The number of ether oxygens (including phenoxy) is 3. The van der Waals surface area contributed by atoms with E-state index in [1.807, 2.05) is 19.1 Å². The van der Waals surface area contributed by atoms with Gasteiger partial charge >= 0.3 is 5.97 Å². The van der Waals surface area contributed by atoms with Gasteiger partial charge in [0.1, 0.15) is 18.0 Å². The van der Waals surface area contributed by atoms with Crippen molar-refractivity contribution in [2.24, 2.45) is 0 Å². The highest BCUT2D eigenvalue weighted by atomic mass is 16.5. The molecule has 0 unspecified atom stereocenters.